The Bertz CT molecular complexity index is 1520. The summed E-state index contributed by atoms with van der Waals surface area (Å²) in [5, 5.41) is 0. The number of benzene rings is 2. The molecule has 1 saturated heterocycles. The molecule has 2 aliphatic rings. The molecule has 5 rings (SSSR count). The molecule has 2 aromatic carbocycles. The first-order chi connectivity index (χ1) is 18.7. The predicted octanol–water partition coefficient (Wildman–Crippen LogP) is 4.08. The Balaban J connectivity index is 1.32. The molecule has 0 amide bonds. The van der Waals surface area contributed by atoms with Gasteiger partial charge in [-0.3, -0.25) is 9.10 Å². The fraction of sp³-hybridized carbons (Fsp3) is 0.379. The number of aryl methyl sites for hydroxylation is 1. The lowest BCUT2D eigenvalue weighted by molar-refractivity contribution is 0.0471. The van der Waals surface area contributed by atoms with Gasteiger partial charge in [0.1, 0.15) is 11.3 Å². The van der Waals surface area contributed by atoms with E-state index >= 15 is 0 Å². The minimum atomic E-state index is -3.94. The van der Waals surface area contributed by atoms with Crippen LogP contribution < -0.4 is 9.04 Å². The van der Waals surface area contributed by atoms with Gasteiger partial charge in [0, 0.05) is 36.6 Å². The lowest BCUT2D eigenvalue weighted by Gasteiger charge is -2.20. The molecule has 1 atom stereocenters. The molecule has 0 radical (unpaired) electrons. The van der Waals surface area contributed by atoms with Crippen molar-refractivity contribution in [3.8, 4) is 5.75 Å². The van der Waals surface area contributed by atoms with Gasteiger partial charge in [0.05, 0.1) is 23.8 Å². The van der Waals surface area contributed by atoms with Crippen LogP contribution in [0.25, 0.3) is 0 Å². The van der Waals surface area contributed by atoms with Crippen LogP contribution in [0.1, 0.15) is 50.5 Å². The van der Waals surface area contributed by atoms with E-state index in [1.807, 2.05) is 26.0 Å². The Morgan fingerprint density at radius 3 is 2.62 bits per heavy atom. The van der Waals surface area contributed by atoms with E-state index in [4.69, 9.17) is 14.2 Å². The summed E-state index contributed by atoms with van der Waals surface area (Å²) in [5.74, 6) is -1.03. The summed E-state index contributed by atoms with van der Waals surface area (Å²) < 4.78 is 46.8. The minimum absolute atomic E-state index is 0.0593. The quantitative estimate of drug-likeness (QED) is 0.291. The summed E-state index contributed by atoms with van der Waals surface area (Å²) in [6.45, 7) is 5.05. The van der Waals surface area contributed by atoms with Crippen LogP contribution in [0.15, 0.2) is 53.4 Å². The number of methoxy groups -OCH3 is 1. The first-order valence-electron chi connectivity index (χ1n) is 13.0. The number of Topliss-reactive ketones (excluding diaryl/α,β-unsaturated/α-hetero) is 1. The van der Waals surface area contributed by atoms with E-state index in [9.17, 15) is 18.0 Å². The molecular formula is C29H32N2O7S. The summed E-state index contributed by atoms with van der Waals surface area (Å²) in [6, 6.07) is 13.2. The van der Waals surface area contributed by atoms with E-state index in [-0.39, 0.29) is 28.1 Å². The Labute approximate surface area is 228 Å². The lowest BCUT2D eigenvalue weighted by Crippen LogP contribution is -2.29. The molecule has 0 saturated carbocycles. The zero-order valence-electron chi connectivity index (χ0n) is 22.3. The van der Waals surface area contributed by atoms with Gasteiger partial charge in [-0.15, -0.1) is 0 Å². The average Bonchev–Trinajstić information content (AvgIpc) is 3.68. The molecule has 206 valence electrons. The van der Waals surface area contributed by atoms with Crippen LogP contribution in [0.5, 0.6) is 5.75 Å². The second-order valence-electron chi connectivity index (χ2n) is 9.85. The highest BCUT2D eigenvalue weighted by Gasteiger charge is 2.32. The second kappa shape index (κ2) is 10.9. The number of esters is 1. The zero-order chi connectivity index (χ0) is 27.7. The van der Waals surface area contributed by atoms with Crippen LogP contribution in [-0.2, 0) is 32.5 Å². The monoisotopic (exact) mass is 552 g/mol. The molecule has 3 aromatic rings. The van der Waals surface area contributed by atoms with Gasteiger partial charge in [0.25, 0.3) is 10.0 Å². The smallest absolute Gasteiger partial charge is 0.342 e. The number of sulfonamides is 1. The van der Waals surface area contributed by atoms with Crippen molar-refractivity contribution < 1.29 is 32.2 Å². The number of hydrogen-bond acceptors (Lipinski definition) is 7. The number of rotatable bonds is 9. The number of hydrogen-bond donors (Lipinski definition) is 0. The van der Waals surface area contributed by atoms with E-state index in [1.54, 1.807) is 18.2 Å². The predicted molar refractivity (Wildman–Crippen MR) is 145 cm³/mol. The molecule has 0 unspecified atom stereocenters. The Morgan fingerprint density at radius 2 is 1.87 bits per heavy atom. The van der Waals surface area contributed by atoms with Crippen LogP contribution in [0.4, 0.5) is 5.69 Å². The molecule has 39 heavy (non-hydrogen) atoms. The van der Waals surface area contributed by atoms with Gasteiger partial charge in [-0.2, -0.15) is 0 Å². The summed E-state index contributed by atoms with van der Waals surface area (Å²) in [5.41, 5.74) is 3.71. The normalized spacial score (nSPS) is 16.8. The van der Waals surface area contributed by atoms with Crippen LogP contribution in [-0.4, -0.2) is 57.7 Å². The number of para-hydroxylation sites is 1. The van der Waals surface area contributed by atoms with E-state index in [0.717, 1.165) is 36.4 Å². The SMILES string of the molecule is COc1ccc(S(=O)(=O)N2CCc3ccccc32)cc1C(=O)OCC(=O)c1cc(C)n(C[C@H]2CCCO2)c1C. The topological polar surface area (TPSA) is 104 Å². The molecule has 0 aliphatic carbocycles. The maximum atomic E-state index is 13.5. The van der Waals surface area contributed by atoms with Crippen molar-refractivity contribution in [3.63, 3.8) is 0 Å². The van der Waals surface area contributed by atoms with E-state index in [2.05, 4.69) is 4.57 Å². The number of carbonyl (C=O) groups is 2. The number of aromatic nitrogens is 1. The van der Waals surface area contributed by atoms with Gasteiger partial charge in [-0.25, -0.2) is 13.2 Å². The Kier molecular flexibility index (Phi) is 7.51. The number of anilines is 1. The van der Waals surface area contributed by atoms with Crippen molar-refractivity contribution in [3.05, 3.63) is 76.6 Å². The van der Waals surface area contributed by atoms with Crippen LogP contribution >= 0.6 is 0 Å². The minimum Gasteiger partial charge on any atom is -0.496 e. The molecule has 0 N–H and O–H groups in total. The molecule has 10 heteroatoms. The second-order valence-corrected chi connectivity index (χ2v) is 11.7. The number of nitrogens with zero attached hydrogens (tertiary/aromatic N) is 2. The van der Waals surface area contributed by atoms with Gasteiger partial charge < -0.3 is 18.8 Å². The van der Waals surface area contributed by atoms with Crippen LogP contribution in [0.2, 0.25) is 0 Å². The van der Waals surface area contributed by atoms with Crippen molar-refractivity contribution in [1.82, 2.24) is 4.57 Å². The third kappa shape index (κ3) is 5.18. The summed E-state index contributed by atoms with van der Waals surface area (Å²) in [7, 11) is -2.55. The Morgan fingerprint density at radius 1 is 1.08 bits per heavy atom. The molecule has 1 fully saturated rings. The van der Waals surface area contributed by atoms with Gasteiger partial charge in [-0.1, -0.05) is 18.2 Å². The van der Waals surface area contributed by atoms with Gasteiger partial charge >= 0.3 is 5.97 Å². The Hall–Kier alpha value is -3.63. The number of fused-ring (bicyclic) bond motifs is 1. The fourth-order valence-corrected chi connectivity index (χ4v) is 6.86. The van der Waals surface area contributed by atoms with Gasteiger partial charge in [-0.05, 0) is 69.0 Å². The number of ether oxygens (including phenoxy) is 3. The highest BCUT2D eigenvalue weighted by atomic mass is 32.2. The van der Waals surface area contributed by atoms with Crippen molar-refractivity contribution in [2.75, 3.05) is 31.2 Å². The highest BCUT2D eigenvalue weighted by Crippen LogP contribution is 2.34. The first kappa shape index (κ1) is 27.0. The molecule has 2 aliphatic heterocycles. The summed E-state index contributed by atoms with van der Waals surface area (Å²) >= 11 is 0. The van der Waals surface area contributed by atoms with Crippen LogP contribution in [0, 0.1) is 13.8 Å². The third-order valence-corrected chi connectivity index (χ3v) is 9.25. The fourth-order valence-electron chi connectivity index (χ4n) is 5.33. The summed E-state index contributed by atoms with van der Waals surface area (Å²) in [4.78, 5) is 26.0. The third-order valence-electron chi connectivity index (χ3n) is 7.44. The van der Waals surface area contributed by atoms with Crippen molar-refractivity contribution in [2.24, 2.45) is 0 Å². The van der Waals surface area contributed by atoms with Gasteiger partial charge in [0.2, 0.25) is 5.78 Å². The highest BCUT2D eigenvalue weighted by molar-refractivity contribution is 7.92. The standard InChI is InChI=1S/C29H32N2O7S/c1-19-15-24(20(2)30(19)17-22-8-6-14-37-22)27(32)18-38-29(33)25-16-23(10-11-28(25)36-3)39(34,35)31-13-12-21-7-4-5-9-26(21)31/h4-5,7,9-11,15-16,22H,6,8,12-14,17-18H2,1-3H3/t22-/m1/s1. The van der Waals surface area contributed by atoms with E-state index in [1.165, 1.54) is 29.6 Å². The maximum Gasteiger partial charge on any atom is 0.342 e. The maximum absolute atomic E-state index is 13.5. The van der Waals surface area contributed by atoms with Gasteiger partial charge in [0.15, 0.2) is 6.61 Å². The van der Waals surface area contributed by atoms with E-state index in [0.29, 0.717) is 30.8 Å². The molecule has 3 heterocycles. The average molecular weight is 553 g/mol. The largest absolute Gasteiger partial charge is 0.496 e. The zero-order valence-corrected chi connectivity index (χ0v) is 23.1. The van der Waals surface area contributed by atoms with E-state index < -0.39 is 22.6 Å². The molecule has 0 spiro atoms. The number of carbonyl (C=O) groups excluding carboxylic acids is 2. The van der Waals surface area contributed by atoms with Crippen molar-refractivity contribution >= 4 is 27.5 Å². The number of ketones is 1. The first-order valence-corrected chi connectivity index (χ1v) is 14.4. The molecule has 0 bridgehead atoms. The summed E-state index contributed by atoms with van der Waals surface area (Å²) in [6.07, 6.45) is 2.75. The molecular weight excluding hydrogens is 520 g/mol. The van der Waals surface area contributed by atoms with Crippen molar-refractivity contribution in [1.29, 1.82) is 0 Å². The van der Waals surface area contributed by atoms with Crippen molar-refractivity contribution in [2.45, 2.75) is 50.7 Å². The lowest BCUT2D eigenvalue weighted by atomic mass is 10.1. The van der Waals surface area contributed by atoms with Crippen LogP contribution in [0.3, 0.4) is 0 Å². The molecule has 9 nitrogen and oxygen atoms in total. The molecule has 1 aromatic heterocycles.